The van der Waals surface area contributed by atoms with E-state index in [1.165, 1.54) is 0 Å². The fraction of sp³-hybridized carbons (Fsp3) is 0. The van der Waals surface area contributed by atoms with Crippen LogP contribution in [0.2, 0.25) is 0 Å². The van der Waals surface area contributed by atoms with E-state index in [9.17, 15) is 9.05 Å². The summed E-state index contributed by atoms with van der Waals surface area (Å²) in [7, 11) is 0. The molecule has 0 unspecified atom stereocenters. The van der Waals surface area contributed by atoms with Gasteiger partial charge in [0.15, 0.2) is 0 Å². The summed E-state index contributed by atoms with van der Waals surface area (Å²) in [5.41, 5.74) is 0. The minimum Gasteiger partial charge on any atom is 0.0682 e. The van der Waals surface area contributed by atoms with Gasteiger partial charge in [-0.15, -0.1) is 0 Å². The maximum Gasteiger partial charge on any atom is 0.556 e. The molecule has 0 rings (SSSR count). The minimum atomic E-state index is -1.33. The normalized spacial score (nSPS) is 7.00. The molecule has 0 aromatic carbocycles. The highest BCUT2D eigenvalue weighted by atomic mass is 19.3. The molecule has 0 spiro atoms. The molecule has 0 aliphatic heterocycles. The van der Waals surface area contributed by atoms with E-state index in [0.717, 1.165) is 0 Å². The zero-order valence-electron chi connectivity index (χ0n) is 2.43. The third-order valence-electron chi connectivity index (χ3n) is 0.113. The second-order valence-electron chi connectivity index (χ2n) is 0.362. The van der Waals surface area contributed by atoms with E-state index in [4.69, 9.17) is 4.91 Å². The first-order valence-electron chi connectivity index (χ1n) is 0.856. The molecule has 0 aliphatic rings. The van der Waals surface area contributed by atoms with E-state index in [-0.39, 0.29) is 0 Å². The van der Waals surface area contributed by atoms with Gasteiger partial charge in [-0.05, 0) is 0 Å². The Labute approximate surface area is 30.5 Å². The molecule has 0 saturated carbocycles. The van der Waals surface area contributed by atoms with Crippen LogP contribution in [0.5, 0.6) is 0 Å². The quantitative estimate of drug-likeness (QED) is 0.471. The van der Waals surface area contributed by atoms with Crippen molar-refractivity contribution in [3.8, 4) is 0 Å². The van der Waals surface area contributed by atoms with Crippen molar-refractivity contribution in [1.29, 1.82) is 0 Å². The van der Waals surface area contributed by atoms with Crippen molar-refractivity contribution < 1.29 is 24.2 Å². The van der Waals surface area contributed by atoms with Crippen LogP contribution in [0.4, 0.5) is 9.05 Å². The highest BCUT2D eigenvalue weighted by Gasteiger charge is 2.11. The van der Waals surface area contributed by atoms with Crippen molar-refractivity contribution in [1.82, 2.24) is 0 Å². The summed E-state index contributed by atoms with van der Waals surface area (Å²) in [4.78, 5) is 8.90. The minimum absolute atomic E-state index is 1.33. The van der Waals surface area contributed by atoms with Gasteiger partial charge in [-0.25, -0.2) is 0 Å². The van der Waals surface area contributed by atoms with Gasteiger partial charge in [-0.1, -0.05) is 0 Å². The monoisotopic (exact) mass is 100.0 g/mol. The fourth-order valence-electron chi connectivity index (χ4n) is 0.0106. The second kappa shape index (κ2) is 2.31. The Morgan fingerprint density at radius 3 is 1.67 bits per heavy atom. The Hall–Kier alpha value is -0.940. The molecule has 0 amide bonds. The van der Waals surface area contributed by atoms with Crippen molar-refractivity contribution in [3.05, 3.63) is 4.91 Å². The maximum absolute atomic E-state index is 10.1. The number of rotatable bonds is 2. The third-order valence-corrected chi connectivity index (χ3v) is 0.113. The van der Waals surface area contributed by atoms with Crippen LogP contribution < -0.4 is 0 Å². The van der Waals surface area contributed by atoms with Gasteiger partial charge in [-0.2, -0.15) is 0 Å². The zero-order valence-corrected chi connectivity index (χ0v) is 2.43. The van der Waals surface area contributed by atoms with Crippen LogP contribution in [0.25, 0.3) is 0 Å². The molecule has 0 saturated heterocycles. The molecule has 0 radical (unpaired) electrons. The van der Waals surface area contributed by atoms with E-state index in [1.807, 2.05) is 0 Å². The lowest BCUT2D eigenvalue weighted by atomic mass is 13.1. The van der Waals surface area contributed by atoms with Gasteiger partial charge in [0.2, 0.25) is 0 Å². The third kappa shape index (κ3) is 1.39. The van der Waals surface area contributed by atoms with E-state index < -0.39 is 5.09 Å². The highest BCUT2D eigenvalue weighted by molar-refractivity contribution is 3.58. The van der Waals surface area contributed by atoms with E-state index in [0.29, 0.717) is 0 Å². The predicted molar refractivity (Wildman–Crippen MR) is 8.01 cm³/mol. The molecule has 0 atom stereocenters. The van der Waals surface area contributed by atoms with E-state index >= 15 is 0 Å². The molecule has 4 nitrogen and oxygen atoms in total. The van der Waals surface area contributed by atoms with Gasteiger partial charge < -0.3 is 0 Å². The zero-order chi connectivity index (χ0) is 4.99. The summed E-state index contributed by atoms with van der Waals surface area (Å²) in [6.07, 6.45) is 0. The molecular formula is F2NO3+. The predicted octanol–water partition coefficient (Wildman–Crippen LogP) is 0.397. The van der Waals surface area contributed by atoms with Gasteiger partial charge in [0.25, 0.3) is 0 Å². The number of hydrogen-bond acceptors (Lipinski definition) is 3. The Bertz CT molecular complexity index is 46.8. The average Bonchev–Trinajstić information content (AvgIpc) is 1.65. The first kappa shape index (κ1) is 5.06. The van der Waals surface area contributed by atoms with Gasteiger partial charge in [0, 0.05) is 0 Å². The molecule has 0 heterocycles. The van der Waals surface area contributed by atoms with Crippen LogP contribution in [-0.4, -0.2) is 5.09 Å². The first-order valence-corrected chi connectivity index (χ1v) is 0.856. The number of halogens is 2. The summed E-state index contributed by atoms with van der Waals surface area (Å²) < 4.78 is 20.3. The van der Waals surface area contributed by atoms with Gasteiger partial charge in [0.1, 0.15) is 4.91 Å². The number of hydrogen-bond donors (Lipinski definition) is 0. The van der Waals surface area contributed by atoms with Crippen LogP contribution in [-0.2, 0) is 10.1 Å². The van der Waals surface area contributed by atoms with Crippen LogP contribution in [0.15, 0.2) is 0 Å². The second-order valence-corrected chi connectivity index (χ2v) is 0.362. The number of nitrogens with zero attached hydrogens (tertiary/aromatic N) is 1. The molecule has 0 aliphatic carbocycles. The summed E-state index contributed by atoms with van der Waals surface area (Å²) in [5, 5.41) is 2.83. The molecule has 0 fully saturated rings. The average molecular weight is 100 g/mol. The van der Waals surface area contributed by atoms with Crippen LogP contribution >= 0.6 is 0 Å². The Morgan fingerprint density at radius 2 is 1.67 bits per heavy atom. The van der Waals surface area contributed by atoms with Gasteiger partial charge >= 0.3 is 5.09 Å². The summed E-state index contributed by atoms with van der Waals surface area (Å²) in [6.45, 7) is 0. The Kier molecular flexibility index (Phi) is 1.94. The topological polar surface area (TPSA) is 38.5 Å². The van der Waals surface area contributed by atoms with Crippen molar-refractivity contribution in [2.45, 2.75) is 0 Å². The lowest BCUT2D eigenvalue weighted by Crippen LogP contribution is -1.95. The standard InChI is InChI=1S/F2NO3/c1-5-3(4)6-2/q+1. The molecule has 0 bridgehead atoms. The Morgan fingerprint density at radius 1 is 1.33 bits per heavy atom. The van der Waals surface area contributed by atoms with Crippen molar-refractivity contribution in [2.24, 2.45) is 0 Å². The van der Waals surface area contributed by atoms with Crippen molar-refractivity contribution in [3.63, 3.8) is 0 Å². The van der Waals surface area contributed by atoms with Crippen molar-refractivity contribution >= 4 is 0 Å². The summed E-state index contributed by atoms with van der Waals surface area (Å²) >= 11 is 0. The van der Waals surface area contributed by atoms with E-state index in [1.54, 1.807) is 0 Å². The van der Waals surface area contributed by atoms with Gasteiger partial charge in [-0.3, -0.25) is 0 Å². The smallest absolute Gasteiger partial charge is 0.0682 e. The lowest BCUT2D eigenvalue weighted by Gasteiger charge is -1.60. The molecular weight excluding hydrogens is 100 g/mol. The van der Waals surface area contributed by atoms with Crippen LogP contribution in [0, 0.1) is 4.91 Å². The molecule has 0 aromatic heterocycles. The van der Waals surface area contributed by atoms with Crippen LogP contribution in [0.3, 0.4) is 0 Å². The molecule has 0 aromatic rings. The van der Waals surface area contributed by atoms with Crippen LogP contribution in [0.1, 0.15) is 0 Å². The molecule has 6 heteroatoms. The summed E-state index contributed by atoms with van der Waals surface area (Å²) in [6, 6.07) is 0. The first-order chi connectivity index (χ1) is 2.81. The lowest BCUT2D eigenvalue weighted by molar-refractivity contribution is -1.05. The molecule has 6 heavy (non-hydrogen) atoms. The largest absolute Gasteiger partial charge is 0.556 e. The van der Waals surface area contributed by atoms with Crippen molar-refractivity contribution in [2.75, 3.05) is 0 Å². The maximum atomic E-state index is 10.1. The highest BCUT2D eigenvalue weighted by Crippen LogP contribution is 1.77. The Balaban J connectivity index is 2.99. The fourth-order valence-corrected chi connectivity index (χ4v) is 0.0106. The van der Waals surface area contributed by atoms with Gasteiger partial charge in [0.05, 0.1) is 19.1 Å². The van der Waals surface area contributed by atoms with E-state index in [2.05, 4.69) is 10.1 Å². The summed E-state index contributed by atoms with van der Waals surface area (Å²) in [5.74, 6) is 0. The molecule has 36 valence electrons. The molecule has 0 N–H and O–H groups in total. The SMILES string of the molecule is O=[N+](OF)OF.